The Balaban J connectivity index is 0. The molecule has 0 heterocycles. The molecule has 7 N–H and O–H groups in total. The second-order valence-electron chi connectivity index (χ2n) is 2.38. The fourth-order valence-electron chi connectivity index (χ4n) is 0.416. The summed E-state index contributed by atoms with van der Waals surface area (Å²) in [6, 6.07) is 0. The Hall–Kier alpha value is -0.380. The van der Waals surface area contributed by atoms with Gasteiger partial charge in [0.15, 0.2) is 6.29 Å². The predicted octanol–water partition coefficient (Wildman–Crippen LogP) is -3.67. The number of phosphoric acid groups is 1. The normalized spacial score (nSPS) is 17.0. The Kier molecular flexibility index (Phi) is 8.92. The molecule has 0 aliphatic carbocycles. The number of hydrogen-bond acceptors (Lipinski definition) is 6. The zero-order chi connectivity index (χ0) is 12.6. The van der Waals surface area contributed by atoms with Gasteiger partial charge in [0.2, 0.25) is 0 Å². The monoisotopic (exact) mass is 248 g/mol. The van der Waals surface area contributed by atoms with Crippen molar-refractivity contribution in [2.24, 2.45) is 0 Å². The van der Waals surface area contributed by atoms with Crippen LogP contribution in [0.15, 0.2) is 0 Å². The van der Waals surface area contributed by atoms with Crippen LogP contribution in [0.3, 0.4) is 0 Å². The molecule has 15 heavy (non-hydrogen) atoms. The summed E-state index contributed by atoms with van der Waals surface area (Å²) in [6.45, 7) is -0.688. The van der Waals surface area contributed by atoms with Gasteiger partial charge in [-0.2, -0.15) is 0 Å². The maximum Gasteiger partial charge on any atom is 0.466 e. The summed E-state index contributed by atoms with van der Waals surface area (Å²) in [5.41, 5.74) is 0. The van der Waals surface area contributed by atoms with Crippen molar-refractivity contribution < 1.29 is 44.5 Å². The van der Waals surface area contributed by atoms with Crippen LogP contribution in [-0.2, 0) is 9.36 Å². The average molecular weight is 248 g/mol. The molecular weight excluding hydrogens is 235 g/mol. The number of hydrogen-bond donors (Lipinski definition) is 7. The van der Waals surface area contributed by atoms with Crippen LogP contribution in [-0.4, -0.2) is 66.3 Å². The van der Waals surface area contributed by atoms with Crippen LogP contribution in [0.25, 0.3) is 0 Å². The lowest BCUT2D eigenvalue weighted by Gasteiger charge is -2.16. The average Bonchev–Trinajstić information content (AvgIpc) is 2.11. The smallest absolute Gasteiger partial charge is 0.394 e. The van der Waals surface area contributed by atoms with Gasteiger partial charge in [0.05, 0.1) is 6.61 Å². The highest BCUT2D eigenvalue weighted by molar-refractivity contribution is 7.45. The van der Waals surface area contributed by atoms with Crippen LogP contribution >= 0.6 is 7.82 Å². The third kappa shape index (κ3) is 13.6. The largest absolute Gasteiger partial charge is 0.466 e. The molecule has 0 aromatic heterocycles. The lowest BCUT2D eigenvalue weighted by molar-refractivity contribution is -0.127. The summed E-state index contributed by atoms with van der Waals surface area (Å²) in [5, 5.41) is 34.1. The quantitative estimate of drug-likeness (QED) is 0.195. The number of aliphatic hydroxyl groups is 4. The Bertz CT molecular complexity index is 204. The topological polar surface area (TPSA) is 176 Å². The van der Waals surface area contributed by atoms with E-state index in [4.69, 9.17) is 39.7 Å². The number of carbonyl (C=O) groups is 1. The van der Waals surface area contributed by atoms with E-state index in [1.165, 1.54) is 0 Å². The maximum absolute atomic E-state index is 9.76. The first kappa shape index (κ1) is 17.0. The molecule has 0 radical (unpaired) electrons. The van der Waals surface area contributed by atoms with E-state index in [0.717, 1.165) is 0 Å². The highest BCUT2D eigenvalue weighted by atomic mass is 31.2. The molecule has 0 aliphatic heterocycles. The van der Waals surface area contributed by atoms with Gasteiger partial charge in [0.1, 0.15) is 18.3 Å². The molecule has 10 heteroatoms. The molecule has 0 aromatic rings. The molecule has 0 saturated heterocycles. The molecule has 0 aliphatic rings. The molecule has 0 fully saturated rings. The van der Waals surface area contributed by atoms with E-state index in [9.17, 15) is 4.79 Å². The standard InChI is InChI=1S/C5H10O5.H3O4P/c6-1-3(8)5(10)4(9)2-7;1-5(2,3)4/h1,3-5,7-10H,2H2;(H3,1,2,3,4)/t3-,4+,5-;/m0./s1. The minimum Gasteiger partial charge on any atom is -0.394 e. The van der Waals surface area contributed by atoms with Gasteiger partial charge in [0, 0.05) is 0 Å². The Labute approximate surface area is 84.5 Å². The highest BCUT2D eigenvalue weighted by Gasteiger charge is 2.22. The number of aldehydes is 1. The molecule has 0 amide bonds. The van der Waals surface area contributed by atoms with Gasteiger partial charge in [-0.25, -0.2) is 4.57 Å². The maximum atomic E-state index is 9.76. The first-order chi connectivity index (χ1) is 6.63. The molecule has 9 nitrogen and oxygen atoms in total. The molecule has 0 aromatic carbocycles. The molecule has 0 bridgehead atoms. The van der Waals surface area contributed by atoms with Crippen LogP contribution in [0.5, 0.6) is 0 Å². The second-order valence-corrected chi connectivity index (χ2v) is 3.41. The van der Waals surface area contributed by atoms with Crippen LogP contribution < -0.4 is 0 Å². The minimum absolute atomic E-state index is 0.0869. The van der Waals surface area contributed by atoms with E-state index in [0.29, 0.717) is 0 Å². The van der Waals surface area contributed by atoms with Crippen LogP contribution in [0.4, 0.5) is 0 Å². The van der Waals surface area contributed by atoms with Gasteiger partial charge in [-0.05, 0) is 0 Å². The zero-order valence-corrected chi connectivity index (χ0v) is 8.31. The number of carbonyl (C=O) groups excluding carboxylic acids is 1. The van der Waals surface area contributed by atoms with E-state index in [1.54, 1.807) is 0 Å². The molecule has 92 valence electrons. The first-order valence-corrected chi connectivity index (χ1v) is 5.08. The van der Waals surface area contributed by atoms with E-state index in [2.05, 4.69) is 0 Å². The molecule has 3 atom stereocenters. The summed E-state index contributed by atoms with van der Waals surface area (Å²) in [7, 11) is -4.64. The summed E-state index contributed by atoms with van der Waals surface area (Å²) in [5.74, 6) is 0. The van der Waals surface area contributed by atoms with E-state index < -0.39 is 32.7 Å². The van der Waals surface area contributed by atoms with Crippen molar-refractivity contribution in [1.82, 2.24) is 0 Å². The van der Waals surface area contributed by atoms with Crippen molar-refractivity contribution in [3.05, 3.63) is 0 Å². The molecule has 0 saturated carbocycles. The molecular formula is C5H13O9P. The van der Waals surface area contributed by atoms with Crippen molar-refractivity contribution in [1.29, 1.82) is 0 Å². The van der Waals surface area contributed by atoms with Crippen LogP contribution in [0.2, 0.25) is 0 Å². The lowest BCUT2D eigenvalue weighted by atomic mass is 10.1. The zero-order valence-electron chi connectivity index (χ0n) is 7.41. The first-order valence-electron chi connectivity index (χ1n) is 3.52. The Morgan fingerprint density at radius 2 is 1.47 bits per heavy atom. The van der Waals surface area contributed by atoms with Crippen molar-refractivity contribution in [3.63, 3.8) is 0 Å². The van der Waals surface area contributed by atoms with Gasteiger partial charge in [-0.1, -0.05) is 0 Å². The summed E-state index contributed by atoms with van der Waals surface area (Å²) in [6.07, 6.45) is -4.63. The number of rotatable bonds is 4. The van der Waals surface area contributed by atoms with Gasteiger partial charge >= 0.3 is 7.82 Å². The fourth-order valence-corrected chi connectivity index (χ4v) is 0.416. The van der Waals surface area contributed by atoms with Gasteiger partial charge in [0.25, 0.3) is 0 Å². The summed E-state index contributed by atoms with van der Waals surface area (Å²) < 4.78 is 8.88. The molecule has 0 unspecified atom stereocenters. The lowest BCUT2D eigenvalue weighted by Crippen LogP contribution is -2.40. The van der Waals surface area contributed by atoms with E-state index >= 15 is 0 Å². The van der Waals surface area contributed by atoms with Gasteiger partial charge in [-0.15, -0.1) is 0 Å². The second kappa shape index (κ2) is 7.85. The Morgan fingerprint density at radius 1 is 1.13 bits per heavy atom. The van der Waals surface area contributed by atoms with Crippen molar-refractivity contribution in [2.75, 3.05) is 6.61 Å². The van der Waals surface area contributed by atoms with Gasteiger partial charge in [-0.3, -0.25) is 0 Å². The van der Waals surface area contributed by atoms with Crippen molar-refractivity contribution in [3.8, 4) is 0 Å². The summed E-state index contributed by atoms with van der Waals surface area (Å²) in [4.78, 5) is 31.3. The van der Waals surface area contributed by atoms with Crippen molar-refractivity contribution >= 4 is 14.1 Å². The SMILES string of the molecule is O=C[C@H](O)[C@H](O)[C@H](O)CO.O=P(O)(O)O. The fraction of sp³-hybridized carbons (Fsp3) is 0.800. The van der Waals surface area contributed by atoms with Crippen LogP contribution in [0.1, 0.15) is 0 Å². The number of aliphatic hydroxyl groups excluding tert-OH is 4. The Morgan fingerprint density at radius 3 is 1.67 bits per heavy atom. The van der Waals surface area contributed by atoms with Gasteiger partial charge < -0.3 is 39.9 Å². The van der Waals surface area contributed by atoms with E-state index in [1.807, 2.05) is 0 Å². The van der Waals surface area contributed by atoms with Crippen molar-refractivity contribution in [2.45, 2.75) is 18.3 Å². The summed E-state index contributed by atoms with van der Waals surface area (Å²) >= 11 is 0. The predicted molar refractivity (Wildman–Crippen MR) is 45.4 cm³/mol. The third-order valence-electron chi connectivity index (χ3n) is 1.07. The molecule has 0 spiro atoms. The minimum atomic E-state index is -4.64. The third-order valence-corrected chi connectivity index (χ3v) is 1.07. The van der Waals surface area contributed by atoms with E-state index in [-0.39, 0.29) is 6.29 Å². The van der Waals surface area contributed by atoms with Crippen LogP contribution in [0, 0.1) is 0 Å². The molecule has 0 rings (SSSR count). The highest BCUT2D eigenvalue weighted by Crippen LogP contribution is 2.25.